The van der Waals surface area contributed by atoms with Crippen LogP contribution in [0.2, 0.25) is 0 Å². The van der Waals surface area contributed by atoms with Crippen LogP contribution < -0.4 is 0 Å². The zero-order valence-corrected chi connectivity index (χ0v) is 11.3. The van der Waals surface area contributed by atoms with Crippen molar-refractivity contribution in [1.29, 1.82) is 0 Å². The summed E-state index contributed by atoms with van der Waals surface area (Å²) in [6, 6.07) is 0. The summed E-state index contributed by atoms with van der Waals surface area (Å²) < 4.78 is 5.46. The van der Waals surface area contributed by atoms with Crippen molar-refractivity contribution in [1.82, 2.24) is 0 Å². The van der Waals surface area contributed by atoms with Gasteiger partial charge in [-0.15, -0.1) is 0 Å². The van der Waals surface area contributed by atoms with Crippen LogP contribution in [0.1, 0.15) is 39.5 Å². The number of carbonyl (C=O) groups excluding carboxylic acids is 1. The molecule has 3 atom stereocenters. The molecule has 0 radical (unpaired) electrons. The molecule has 0 saturated heterocycles. The van der Waals surface area contributed by atoms with Crippen LogP contribution >= 0.6 is 11.8 Å². The Kier molecular flexibility index (Phi) is 5.39. The van der Waals surface area contributed by atoms with Gasteiger partial charge in [-0.1, -0.05) is 19.1 Å². The van der Waals surface area contributed by atoms with Gasteiger partial charge in [-0.05, 0) is 38.4 Å². The van der Waals surface area contributed by atoms with E-state index in [2.05, 4.69) is 19.8 Å². The molecule has 0 aliphatic heterocycles. The Bertz CT molecular complexity index is 263. The van der Waals surface area contributed by atoms with Crippen molar-refractivity contribution in [3.05, 3.63) is 12.2 Å². The van der Waals surface area contributed by atoms with E-state index < -0.39 is 0 Å². The highest BCUT2D eigenvalue weighted by Crippen LogP contribution is 2.35. The summed E-state index contributed by atoms with van der Waals surface area (Å²) in [5.41, 5.74) is 1.22. The van der Waals surface area contributed by atoms with E-state index >= 15 is 0 Å². The number of hydrogen-bond donors (Lipinski definition) is 0. The smallest absolute Gasteiger partial charge is 0.305 e. The molecule has 0 aromatic rings. The van der Waals surface area contributed by atoms with E-state index in [-0.39, 0.29) is 12.1 Å². The van der Waals surface area contributed by atoms with E-state index in [4.69, 9.17) is 4.74 Å². The molecule has 16 heavy (non-hydrogen) atoms. The molecular formula is C13H22O2S. The number of allylic oxidation sites excluding steroid dienone is 1. The highest BCUT2D eigenvalue weighted by Gasteiger charge is 2.30. The largest absolute Gasteiger partial charge is 0.462 e. The van der Waals surface area contributed by atoms with Crippen molar-refractivity contribution in [2.75, 3.05) is 6.26 Å². The molecule has 1 aliphatic carbocycles. The van der Waals surface area contributed by atoms with Gasteiger partial charge in [0.15, 0.2) is 0 Å². The molecular weight excluding hydrogens is 220 g/mol. The Morgan fingerprint density at radius 3 is 2.62 bits per heavy atom. The minimum atomic E-state index is -0.0766. The van der Waals surface area contributed by atoms with Gasteiger partial charge in [0, 0.05) is 11.7 Å². The quantitative estimate of drug-likeness (QED) is 0.558. The molecule has 92 valence electrons. The van der Waals surface area contributed by atoms with Gasteiger partial charge in [0.2, 0.25) is 0 Å². The maximum Gasteiger partial charge on any atom is 0.305 e. The molecule has 0 N–H and O–H groups in total. The summed E-state index contributed by atoms with van der Waals surface area (Å²) in [6.45, 7) is 7.95. The SMILES string of the molecule is C=C(C)C1CC(OC(=O)CC)CC(SC)C1. The molecule has 0 spiro atoms. The Labute approximate surface area is 103 Å². The molecule has 3 unspecified atom stereocenters. The highest BCUT2D eigenvalue weighted by molar-refractivity contribution is 7.99. The first-order chi connectivity index (χ1) is 7.56. The van der Waals surface area contributed by atoms with Crippen LogP contribution in [0.4, 0.5) is 0 Å². The lowest BCUT2D eigenvalue weighted by Gasteiger charge is -2.34. The van der Waals surface area contributed by atoms with E-state index in [9.17, 15) is 4.79 Å². The normalized spacial score (nSPS) is 29.8. The van der Waals surface area contributed by atoms with Crippen molar-refractivity contribution in [2.24, 2.45) is 5.92 Å². The molecule has 0 heterocycles. The maximum atomic E-state index is 11.3. The fourth-order valence-corrected chi connectivity index (χ4v) is 3.01. The van der Waals surface area contributed by atoms with E-state index in [0.717, 1.165) is 12.8 Å². The Balaban J connectivity index is 2.57. The van der Waals surface area contributed by atoms with E-state index in [0.29, 0.717) is 17.6 Å². The number of carbonyl (C=O) groups is 1. The maximum absolute atomic E-state index is 11.3. The lowest BCUT2D eigenvalue weighted by Crippen LogP contribution is -2.32. The van der Waals surface area contributed by atoms with Crippen molar-refractivity contribution in [2.45, 2.75) is 50.9 Å². The van der Waals surface area contributed by atoms with Crippen LogP contribution in [-0.2, 0) is 9.53 Å². The van der Waals surface area contributed by atoms with Gasteiger partial charge in [-0.3, -0.25) is 4.79 Å². The third-order valence-corrected chi connectivity index (χ3v) is 4.29. The molecule has 2 nitrogen and oxygen atoms in total. The summed E-state index contributed by atoms with van der Waals surface area (Å²) in [6.07, 6.45) is 5.83. The first-order valence-corrected chi connectivity index (χ1v) is 7.23. The predicted octanol–water partition coefficient (Wildman–Crippen LogP) is 3.42. The Morgan fingerprint density at radius 2 is 2.12 bits per heavy atom. The Hall–Kier alpha value is -0.440. The van der Waals surface area contributed by atoms with Crippen LogP contribution in [0.25, 0.3) is 0 Å². The number of hydrogen-bond acceptors (Lipinski definition) is 3. The van der Waals surface area contributed by atoms with Gasteiger partial charge in [-0.25, -0.2) is 0 Å². The van der Waals surface area contributed by atoms with E-state index in [1.165, 1.54) is 12.0 Å². The second-order valence-electron chi connectivity index (χ2n) is 4.57. The molecule has 1 rings (SSSR count). The summed E-state index contributed by atoms with van der Waals surface area (Å²) in [5.74, 6) is 0.438. The molecule has 1 aliphatic rings. The monoisotopic (exact) mass is 242 g/mol. The molecule has 0 aromatic carbocycles. The van der Waals surface area contributed by atoms with Gasteiger partial charge in [0.05, 0.1) is 0 Å². The zero-order valence-electron chi connectivity index (χ0n) is 10.5. The third kappa shape index (κ3) is 3.85. The van der Waals surface area contributed by atoms with Gasteiger partial charge < -0.3 is 4.74 Å². The minimum absolute atomic E-state index is 0.0766. The summed E-state index contributed by atoms with van der Waals surface area (Å²) in [5, 5.41) is 0.602. The lowest BCUT2D eigenvalue weighted by atomic mass is 9.83. The molecule has 0 bridgehead atoms. The number of ether oxygens (including phenoxy) is 1. The summed E-state index contributed by atoms with van der Waals surface area (Å²) in [4.78, 5) is 11.3. The topological polar surface area (TPSA) is 26.3 Å². The average molecular weight is 242 g/mol. The average Bonchev–Trinajstić information content (AvgIpc) is 2.28. The van der Waals surface area contributed by atoms with Crippen molar-refractivity contribution >= 4 is 17.7 Å². The molecule has 1 fully saturated rings. The number of thioether (sulfide) groups is 1. The van der Waals surface area contributed by atoms with Crippen LogP contribution in [0.5, 0.6) is 0 Å². The molecule has 1 saturated carbocycles. The molecule has 0 amide bonds. The van der Waals surface area contributed by atoms with E-state index in [1.807, 2.05) is 18.7 Å². The fraction of sp³-hybridized carbons (Fsp3) is 0.769. The predicted molar refractivity (Wildman–Crippen MR) is 69.6 cm³/mol. The van der Waals surface area contributed by atoms with Crippen LogP contribution in [-0.4, -0.2) is 23.6 Å². The summed E-state index contributed by atoms with van der Waals surface area (Å²) in [7, 11) is 0. The minimum Gasteiger partial charge on any atom is -0.462 e. The van der Waals surface area contributed by atoms with Crippen molar-refractivity contribution in [3.63, 3.8) is 0 Å². The van der Waals surface area contributed by atoms with Gasteiger partial charge >= 0.3 is 5.97 Å². The van der Waals surface area contributed by atoms with Gasteiger partial charge in [0.1, 0.15) is 6.10 Å². The highest BCUT2D eigenvalue weighted by atomic mass is 32.2. The van der Waals surface area contributed by atoms with Crippen LogP contribution in [0, 0.1) is 5.92 Å². The fourth-order valence-electron chi connectivity index (χ4n) is 2.18. The van der Waals surface area contributed by atoms with Crippen molar-refractivity contribution < 1.29 is 9.53 Å². The third-order valence-electron chi connectivity index (χ3n) is 3.24. The first kappa shape index (κ1) is 13.6. The number of esters is 1. The molecule has 3 heteroatoms. The second-order valence-corrected chi connectivity index (χ2v) is 5.71. The van der Waals surface area contributed by atoms with Crippen LogP contribution in [0.3, 0.4) is 0 Å². The lowest BCUT2D eigenvalue weighted by molar-refractivity contribution is -0.150. The first-order valence-electron chi connectivity index (χ1n) is 5.94. The second kappa shape index (κ2) is 6.33. The van der Waals surface area contributed by atoms with Gasteiger partial charge in [-0.2, -0.15) is 11.8 Å². The molecule has 0 aromatic heterocycles. The van der Waals surface area contributed by atoms with Gasteiger partial charge in [0.25, 0.3) is 0 Å². The Morgan fingerprint density at radius 1 is 1.44 bits per heavy atom. The van der Waals surface area contributed by atoms with E-state index in [1.54, 1.807) is 0 Å². The van der Waals surface area contributed by atoms with Crippen molar-refractivity contribution in [3.8, 4) is 0 Å². The standard InChI is InChI=1S/C13H22O2S/c1-5-13(14)15-11-6-10(9(2)3)7-12(8-11)16-4/h10-12H,2,5-8H2,1,3-4H3. The number of rotatable bonds is 4. The zero-order chi connectivity index (χ0) is 12.1. The van der Waals surface area contributed by atoms with Crippen LogP contribution in [0.15, 0.2) is 12.2 Å². The summed E-state index contributed by atoms with van der Waals surface area (Å²) >= 11 is 1.87.